The van der Waals surface area contributed by atoms with Crippen molar-refractivity contribution in [3.63, 3.8) is 0 Å². The minimum absolute atomic E-state index is 0.773. The Bertz CT molecular complexity index is 216. The van der Waals surface area contributed by atoms with Crippen molar-refractivity contribution < 1.29 is 4.74 Å². The van der Waals surface area contributed by atoms with Gasteiger partial charge in [-0.1, -0.05) is 0 Å². The maximum atomic E-state index is 4.92. The van der Waals surface area contributed by atoms with Crippen LogP contribution in [0.15, 0.2) is 11.7 Å². The molecule has 0 unspecified atom stereocenters. The highest BCUT2D eigenvalue weighted by Crippen LogP contribution is 2.03. The molecule has 0 saturated carbocycles. The van der Waals surface area contributed by atoms with Gasteiger partial charge in [0.2, 0.25) is 0 Å². The van der Waals surface area contributed by atoms with Crippen molar-refractivity contribution in [3.8, 4) is 0 Å². The zero-order chi connectivity index (χ0) is 10.1. The highest BCUT2D eigenvalue weighted by molar-refractivity contribution is 7.09. The molecule has 0 atom stereocenters. The van der Waals surface area contributed by atoms with E-state index in [-0.39, 0.29) is 0 Å². The zero-order valence-electron chi connectivity index (χ0n) is 8.45. The van der Waals surface area contributed by atoms with Crippen LogP contribution in [0.3, 0.4) is 0 Å². The van der Waals surface area contributed by atoms with Gasteiger partial charge in [-0.25, -0.2) is 0 Å². The fourth-order valence-electron chi connectivity index (χ4n) is 1.02. The fourth-order valence-corrected chi connectivity index (χ4v) is 1.58. The van der Waals surface area contributed by atoms with Crippen LogP contribution in [0.1, 0.15) is 4.88 Å². The van der Waals surface area contributed by atoms with Crippen molar-refractivity contribution in [1.29, 1.82) is 0 Å². The Morgan fingerprint density at radius 3 is 2.93 bits per heavy atom. The third kappa shape index (κ3) is 5.29. The van der Waals surface area contributed by atoms with Gasteiger partial charge in [0.1, 0.15) is 0 Å². The molecule has 0 aliphatic heterocycles. The quantitative estimate of drug-likeness (QED) is 0.619. The number of ether oxygens (including phenoxy) is 1. The summed E-state index contributed by atoms with van der Waals surface area (Å²) in [6, 6.07) is 0. The Hall–Kier alpha value is -0.490. The second kappa shape index (κ2) is 7.87. The first-order valence-electron chi connectivity index (χ1n) is 4.71. The zero-order valence-corrected chi connectivity index (χ0v) is 9.27. The maximum Gasteiger partial charge on any atom is 0.0794 e. The molecule has 0 bridgehead atoms. The SMILES string of the molecule is COCCNCCNCc1cncs1. The van der Waals surface area contributed by atoms with Crippen molar-refractivity contribution in [2.75, 3.05) is 33.4 Å². The average molecular weight is 215 g/mol. The molecule has 1 aromatic rings. The summed E-state index contributed by atoms with van der Waals surface area (Å²) in [6.45, 7) is 4.55. The molecule has 1 heterocycles. The predicted octanol–water partition coefficient (Wildman–Crippen LogP) is 0.469. The number of thiazole rings is 1. The fraction of sp³-hybridized carbons (Fsp3) is 0.667. The van der Waals surface area contributed by atoms with Crippen LogP contribution in [0, 0.1) is 0 Å². The van der Waals surface area contributed by atoms with Crippen LogP contribution < -0.4 is 10.6 Å². The van der Waals surface area contributed by atoms with E-state index >= 15 is 0 Å². The first kappa shape index (κ1) is 11.6. The lowest BCUT2D eigenvalue weighted by Crippen LogP contribution is -2.28. The molecule has 0 spiro atoms. The molecule has 0 aromatic carbocycles. The van der Waals surface area contributed by atoms with E-state index in [1.54, 1.807) is 18.4 Å². The van der Waals surface area contributed by atoms with Crippen LogP contribution in [0.25, 0.3) is 0 Å². The monoisotopic (exact) mass is 215 g/mol. The Balaban J connectivity index is 1.85. The summed E-state index contributed by atoms with van der Waals surface area (Å²) in [4.78, 5) is 5.29. The van der Waals surface area contributed by atoms with E-state index in [9.17, 15) is 0 Å². The molecule has 1 aromatic heterocycles. The van der Waals surface area contributed by atoms with E-state index < -0.39 is 0 Å². The molecule has 14 heavy (non-hydrogen) atoms. The van der Waals surface area contributed by atoms with Gasteiger partial charge in [0.15, 0.2) is 0 Å². The van der Waals surface area contributed by atoms with Crippen molar-refractivity contribution >= 4 is 11.3 Å². The number of rotatable bonds is 8. The summed E-state index contributed by atoms with van der Waals surface area (Å²) in [5, 5.41) is 6.60. The minimum Gasteiger partial charge on any atom is -0.383 e. The van der Waals surface area contributed by atoms with Gasteiger partial charge in [0, 0.05) is 44.4 Å². The predicted molar refractivity (Wildman–Crippen MR) is 58.6 cm³/mol. The van der Waals surface area contributed by atoms with Crippen molar-refractivity contribution in [1.82, 2.24) is 15.6 Å². The van der Waals surface area contributed by atoms with E-state index in [0.717, 1.165) is 32.8 Å². The minimum atomic E-state index is 0.773. The molecule has 0 radical (unpaired) electrons. The van der Waals surface area contributed by atoms with Gasteiger partial charge in [-0.15, -0.1) is 11.3 Å². The van der Waals surface area contributed by atoms with E-state index in [4.69, 9.17) is 4.74 Å². The van der Waals surface area contributed by atoms with Crippen LogP contribution in [-0.4, -0.2) is 38.3 Å². The largest absolute Gasteiger partial charge is 0.383 e. The first-order valence-corrected chi connectivity index (χ1v) is 5.59. The molecule has 2 N–H and O–H groups in total. The second-order valence-corrected chi connectivity index (χ2v) is 3.86. The Kier molecular flexibility index (Phi) is 6.51. The topological polar surface area (TPSA) is 46.2 Å². The third-order valence-corrected chi connectivity index (χ3v) is 2.52. The van der Waals surface area contributed by atoms with Crippen molar-refractivity contribution in [2.45, 2.75) is 6.54 Å². The van der Waals surface area contributed by atoms with Crippen LogP contribution >= 0.6 is 11.3 Å². The molecule has 1 rings (SSSR count). The van der Waals surface area contributed by atoms with Gasteiger partial charge in [0.05, 0.1) is 12.1 Å². The summed E-state index contributed by atoms with van der Waals surface area (Å²) in [7, 11) is 1.71. The summed E-state index contributed by atoms with van der Waals surface area (Å²) in [6.07, 6.45) is 1.90. The number of hydrogen-bond donors (Lipinski definition) is 2. The number of hydrogen-bond acceptors (Lipinski definition) is 5. The molecular weight excluding hydrogens is 198 g/mol. The summed E-state index contributed by atoms with van der Waals surface area (Å²) in [5.74, 6) is 0. The molecular formula is C9H17N3OS. The number of aromatic nitrogens is 1. The molecule has 0 saturated heterocycles. The van der Waals surface area contributed by atoms with Crippen molar-refractivity contribution in [2.24, 2.45) is 0 Å². The Morgan fingerprint density at radius 1 is 1.36 bits per heavy atom. The summed E-state index contributed by atoms with van der Waals surface area (Å²) in [5.41, 5.74) is 1.86. The van der Waals surface area contributed by atoms with Gasteiger partial charge >= 0.3 is 0 Å². The lowest BCUT2D eigenvalue weighted by molar-refractivity contribution is 0.199. The maximum absolute atomic E-state index is 4.92. The smallest absolute Gasteiger partial charge is 0.0794 e. The van der Waals surface area contributed by atoms with E-state index in [2.05, 4.69) is 15.6 Å². The van der Waals surface area contributed by atoms with Gasteiger partial charge in [-0.05, 0) is 0 Å². The first-order chi connectivity index (χ1) is 6.93. The number of methoxy groups -OCH3 is 1. The highest BCUT2D eigenvalue weighted by Gasteiger charge is 1.92. The van der Waals surface area contributed by atoms with Crippen LogP contribution in [0.4, 0.5) is 0 Å². The van der Waals surface area contributed by atoms with Gasteiger partial charge in [-0.2, -0.15) is 0 Å². The molecule has 4 nitrogen and oxygen atoms in total. The lowest BCUT2D eigenvalue weighted by atomic mass is 10.5. The average Bonchev–Trinajstić information content (AvgIpc) is 2.69. The molecule has 80 valence electrons. The third-order valence-electron chi connectivity index (χ3n) is 1.74. The van der Waals surface area contributed by atoms with Crippen LogP contribution in [-0.2, 0) is 11.3 Å². The number of nitrogens with zero attached hydrogens (tertiary/aromatic N) is 1. The normalized spacial score (nSPS) is 10.6. The molecule has 0 aliphatic rings. The highest BCUT2D eigenvalue weighted by atomic mass is 32.1. The van der Waals surface area contributed by atoms with Crippen LogP contribution in [0.2, 0.25) is 0 Å². The molecule has 0 fully saturated rings. The Labute approximate surface area is 88.7 Å². The lowest BCUT2D eigenvalue weighted by Gasteiger charge is -2.04. The van der Waals surface area contributed by atoms with Gasteiger partial charge in [-0.3, -0.25) is 4.98 Å². The molecule has 0 aliphatic carbocycles. The summed E-state index contributed by atoms with van der Waals surface area (Å²) < 4.78 is 4.92. The molecule has 5 heteroatoms. The second-order valence-electron chi connectivity index (χ2n) is 2.89. The standard InChI is InChI=1S/C9H17N3OS/c1-13-5-4-10-2-3-11-6-9-7-12-8-14-9/h7-8,10-11H,2-6H2,1H3. The van der Waals surface area contributed by atoms with Crippen molar-refractivity contribution in [3.05, 3.63) is 16.6 Å². The van der Waals surface area contributed by atoms with Crippen LogP contribution in [0.5, 0.6) is 0 Å². The summed E-state index contributed by atoms with van der Waals surface area (Å²) >= 11 is 1.68. The van der Waals surface area contributed by atoms with Gasteiger partial charge < -0.3 is 15.4 Å². The molecule has 0 amide bonds. The number of nitrogens with one attached hydrogen (secondary N) is 2. The van der Waals surface area contributed by atoms with E-state index in [1.165, 1.54) is 4.88 Å². The Morgan fingerprint density at radius 2 is 2.21 bits per heavy atom. The van der Waals surface area contributed by atoms with Gasteiger partial charge in [0.25, 0.3) is 0 Å². The van der Waals surface area contributed by atoms with E-state index in [0.29, 0.717) is 0 Å². The van der Waals surface area contributed by atoms with E-state index in [1.807, 2.05) is 11.7 Å².